The number of rotatable bonds is 5. The van der Waals surface area contributed by atoms with E-state index in [1.54, 1.807) is 28.4 Å². The lowest BCUT2D eigenvalue weighted by atomic mass is 10.1. The minimum atomic E-state index is 0.650. The molecule has 0 aliphatic heterocycles. The lowest BCUT2D eigenvalue weighted by Crippen LogP contribution is -1.93. The Kier molecular flexibility index (Phi) is 7.66. The second kappa shape index (κ2) is 10.2. The van der Waals surface area contributed by atoms with Gasteiger partial charge in [0.05, 0.1) is 39.6 Å². The van der Waals surface area contributed by atoms with E-state index in [4.69, 9.17) is 18.9 Å². The second-order valence-corrected chi connectivity index (χ2v) is 6.15. The summed E-state index contributed by atoms with van der Waals surface area (Å²) in [5.74, 6) is 15.7. The van der Waals surface area contributed by atoms with Gasteiger partial charge in [-0.3, -0.25) is 0 Å². The summed E-state index contributed by atoms with van der Waals surface area (Å²) in [6.45, 7) is 3.95. The molecule has 4 nitrogen and oxygen atoms in total. The van der Waals surface area contributed by atoms with Crippen LogP contribution >= 0.6 is 0 Å². The lowest BCUT2D eigenvalue weighted by Gasteiger charge is -2.09. The number of hydrogen-bond acceptors (Lipinski definition) is 4. The molecule has 0 aliphatic carbocycles. The minimum absolute atomic E-state index is 0.650. The molecule has 0 saturated heterocycles. The summed E-state index contributed by atoms with van der Waals surface area (Å²) in [4.78, 5) is 0. The molecule has 0 saturated carbocycles. The molecule has 0 unspecified atom stereocenters. The van der Waals surface area contributed by atoms with Crippen LogP contribution in [0.2, 0.25) is 0 Å². The van der Waals surface area contributed by atoms with E-state index >= 15 is 0 Å². The molecular formula is C24H26O4. The molecule has 2 aromatic carbocycles. The van der Waals surface area contributed by atoms with Gasteiger partial charge >= 0.3 is 0 Å². The first-order valence-electron chi connectivity index (χ1n) is 8.97. The molecule has 0 fully saturated rings. The number of hydrogen-bond donors (Lipinski definition) is 0. The van der Waals surface area contributed by atoms with Crippen LogP contribution in [-0.4, -0.2) is 28.4 Å². The summed E-state index contributed by atoms with van der Waals surface area (Å²) in [6, 6.07) is 7.66. The molecule has 0 aliphatic rings. The van der Waals surface area contributed by atoms with E-state index in [2.05, 4.69) is 23.7 Å². The highest BCUT2D eigenvalue weighted by molar-refractivity contribution is 5.54. The normalized spacial score (nSPS) is 9.50. The molecule has 0 aromatic heterocycles. The molecule has 2 aromatic rings. The largest absolute Gasteiger partial charge is 0.496 e. The van der Waals surface area contributed by atoms with E-state index in [0.717, 1.165) is 45.3 Å². The van der Waals surface area contributed by atoms with Crippen molar-refractivity contribution >= 4 is 0 Å². The molecule has 4 heteroatoms. The maximum absolute atomic E-state index is 5.41. The van der Waals surface area contributed by atoms with Crippen LogP contribution in [-0.2, 0) is 0 Å². The van der Waals surface area contributed by atoms with Crippen LogP contribution in [0.5, 0.6) is 23.0 Å². The van der Waals surface area contributed by atoms with Crippen LogP contribution in [0.15, 0.2) is 24.3 Å². The van der Waals surface area contributed by atoms with Gasteiger partial charge in [-0.15, -0.1) is 0 Å². The van der Waals surface area contributed by atoms with Crippen LogP contribution in [0.3, 0.4) is 0 Å². The predicted molar refractivity (Wildman–Crippen MR) is 112 cm³/mol. The number of benzene rings is 2. The first-order chi connectivity index (χ1) is 13.5. The van der Waals surface area contributed by atoms with Crippen molar-refractivity contribution < 1.29 is 18.9 Å². The van der Waals surface area contributed by atoms with E-state index in [0.29, 0.717) is 12.8 Å². The van der Waals surface area contributed by atoms with Gasteiger partial charge < -0.3 is 18.9 Å². The molecular weight excluding hydrogens is 352 g/mol. The molecule has 0 amide bonds. The van der Waals surface area contributed by atoms with Crippen molar-refractivity contribution in [1.82, 2.24) is 0 Å². The molecule has 0 heterocycles. The van der Waals surface area contributed by atoms with Crippen molar-refractivity contribution in [2.24, 2.45) is 0 Å². The van der Waals surface area contributed by atoms with Crippen molar-refractivity contribution in [3.8, 4) is 46.7 Å². The van der Waals surface area contributed by atoms with E-state index in [1.807, 2.05) is 38.1 Å². The average Bonchev–Trinajstić information content (AvgIpc) is 2.71. The first kappa shape index (κ1) is 21.1. The first-order valence-corrected chi connectivity index (χ1v) is 8.97. The Bertz CT molecular complexity index is 873. The van der Waals surface area contributed by atoms with Crippen molar-refractivity contribution in [1.29, 1.82) is 0 Å². The second-order valence-electron chi connectivity index (χ2n) is 6.15. The van der Waals surface area contributed by atoms with Crippen molar-refractivity contribution in [2.75, 3.05) is 28.4 Å². The predicted octanol–water partition coefficient (Wildman–Crippen LogP) is 4.52. The monoisotopic (exact) mass is 378 g/mol. The number of ether oxygens (including phenoxy) is 4. The van der Waals surface area contributed by atoms with Crippen LogP contribution in [0, 0.1) is 37.5 Å². The third-order valence-corrected chi connectivity index (χ3v) is 4.26. The summed E-state index contributed by atoms with van der Waals surface area (Å²) in [5, 5.41) is 0. The van der Waals surface area contributed by atoms with Gasteiger partial charge in [0.25, 0.3) is 0 Å². The van der Waals surface area contributed by atoms with Crippen molar-refractivity contribution in [2.45, 2.75) is 26.7 Å². The summed E-state index contributed by atoms with van der Waals surface area (Å²) in [5.41, 5.74) is 3.64. The molecule has 0 radical (unpaired) electrons. The van der Waals surface area contributed by atoms with Gasteiger partial charge in [-0.2, -0.15) is 0 Å². The van der Waals surface area contributed by atoms with E-state index in [9.17, 15) is 0 Å². The summed E-state index contributed by atoms with van der Waals surface area (Å²) in [6.07, 6.45) is 1.30. The van der Waals surface area contributed by atoms with Gasteiger partial charge in [-0.25, -0.2) is 0 Å². The quantitative estimate of drug-likeness (QED) is 0.566. The standard InChI is InChI=1S/C24H26O4/c1-17-13-23(27-5)19(15-21(17)25-3)11-9-7-8-10-12-20-16-22(26-4)18(2)14-24(20)28-6/h13-16H,7-8H2,1-6H3. The van der Waals surface area contributed by atoms with E-state index < -0.39 is 0 Å². The Balaban J connectivity index is 2.10. The van der Waals surface area contributed by atoms with Gasteiger partial charge in [0.1, 0.15) is 23.0 Å². The molecule has 28 heavy (non-hydrogen) atoms. The SMILES string of the molecule is COc1cc(C#CCCC#Cc2cc(OC)c(C)cc2OC)c(OC)cc1C. The van der Waals surface area contributed by atoms with Gasteiger partial charge in [0.15, 0.2) is 0 Å². The van der Waals surface area contributed by atoms with Crippen LogP contribution in [0.1, 0.15) is 35.1 Å². The van der Waals surface area contributed by atoms with Crippen molar-refractivity contribution in [3.63, 3.8) is 0 Å². The van der Waals surface area contributed by atoms with E-state index in [-0.39, 0.29) is 0 Å². The Hall–Kier alpha value is -3.24. The maximum Gasteiger partial charge on any atom is 0.135 e. The number of unbranched alkanes of at least 4 members (excludes halogenated alkanes) is 1. The van der Waals surface area contributed by atoms with Gasteiger partial charge in [0, 0.05) is 12.8 Å². The molecule has 0 atom stereocenters. The van der Waals surface area contributed by atoms with Crippen molar-refractivity contribution in [3.05, 3.63) is 46.5 Å². The Labute approximate surface area is 167 Å². The zero-order valence-corrected chi connectivity index (χ0v) is 17.4. The topological polar surface area (TPSA) is 36.9 Å². The fraction of sp³-hybridized carbons (Fsp3) is 0.333. The Morgan fingerprint density at radius 2 is 0.929 bits per heavy atom. The highest BCUT2D eigenvalue weighted by Crippen LogP contribution is 2.28. The lowest BCUT2D eigenvalue weighted by molar-refractivity contribution is 0.399. The van der Waals surface area contributed by atoms with Gasteiger partial charge in [-0.05, 0) is 49.2 Å². The zero-order valence-electron chi connectivity index (χ0n) is 17.4. The minimum Gasteiger partial charge on any atom is -0.496 e. The number of methoxy groups -OCH3 is 4. The molecule has 0 spiro atoms. The highest BCUT2D eigenvalue weighted by Gasteiger charge is 2.07. The Morgan fingerprint density at radius 1 is 0.571 bits per heavy atom. The Morgan fingerprint density at radius 3 is 1.25 bits per heavy atom. The van der Waals surface area contributed by atoms with E-state index in [1.165, 1.54) is 0 Å². The third-order valence-electron chi connectivity index (χ3n) is 4.26. The molecule has 146 valence electrons. The van der Waals surface area contributed by atoms with Crippen LogP contribution in [0.4, 0.5) is 0 Å². The fourth-order valence-electron chi connectivity index (χ4n) is 2.74. The highest BCUT2D eigenvalue weighted by atomic mass is 16.5. The number of aryl methyl sites for hydroxylation is 2. The summed E-state index contributed by atoms with van der Waals surface area (Å²) < 4.78 is 21.5. The zero-order chi connectivity index (χ0) is 20.5. The molecule has 0 N–H and O–H groups in total. The average molecular weight is 378 g/mol. The molecule has 2 rings (SSSR count). The van der Waals surface area contributed by atoms with Gasteiger partial charge in [0.2, 0.25) is 0 Å². The maximum atomic E-state index is 5.41. The fourth-order valence-corrected chi connectivity index (χ4v) is 2.74. The van der Waals surface area contributed by atoms with Gasteiger partial charge in [-0.1, -0.05) is 23.7 Å². The summed E-state index contributed by atoms with van der Waals surface area (Å²) >= 11 is 0. The van der Waals surface area contributed by atoms with Crippen LogP contribution in [0.25, 0.3) is 0 Å². The summed E-state index contributed by atoms with van der Waals surface area (Å²) in [7, 11) is 6.58. The third kappa shape index (κ3) is 5.15. The van der Waals surface area contributed by atoms with Crippen LogP contribution < -0.4 is 18.9 Å². The smallest absolute Gasteiger partial charge is 0.135 e. The molecule has 0 bridgehead atoms.